The molecule has 0 amide bonds. The van der Waals surface area contributed by atoms with Crippen molar-refractivity contribution in [3.63, 3.8) is 0 Å². The first kappa shape index (κ1) is 16.3. The lowest BCUT2D eigenvalue weighted by atomic mass is 10.1. The molecule has 0 unspecified atom stereocenters. The molecule has 3 rings (SSSR count). The lowest BCUT2D eigenvalue weighted by Gasteiger charge is -2.10. The van der Waals surface area contributed by atoms with E-state index in [0.717, 1.165) is 23.8 Å². The molecule has 2 aromatic rings. The number of nitrogens with two attached hydrogens (primary N) is 1. The molecular formula is C15H14FN3O4S. The van der Waals surface area contributed by atoms with Crippen LogP contribution in [0.15, 0.2) is 47.4 Å². The van der Waals surface area contributed by atoms with E-state index in [4.69, 9.17) is 5.14 Å². The minimum absolute atomic E-state index is 0.0817. The van der Waals surface area contributed by atoms with E-state index < -0.39 is 14.9 Å². The Bertz CT molecular complexity index is 899. The van der Waals surface area contributed by atoms with E-state index in [0.29, 0.717) is 6.42 Å². The van der Waals surface area contributed by atoms with Gasteiger partial charge in [0, 0.05) is 24.1 Å². The van der Waals surface area contributed by atoms with Crippen LogP contribution in [0.25, 0.3) is 0 Å². The molecule has 0 saturated heterocycles. The second-order valence-electron chi connectivity index (χ2n) is 5.63. The third-order valence-corrected chi connectivity index (χ3v) is 4.88. The Hall–Kier alpha value is -2.52. The SMILES string of the molecule is NS(=O)(=O)c1ccc([N+](=O)[O-])cc1N[C@@H]1C[C@H]1c1ccc(F)cc1. The molecule has 0 heterocycles. The molecule has 1 aliphatic rings. The molecule has 1 saturated carbocycles. The van der Waals surface area contributed by atoms with Crippen LogP contribution in [0, 0.1) is 15.9 Å². The number of hydrogen-bond donors (Lipinski definition) is 2. The first-order valence-electron chi connectivity index (χ1n) is 7.09. The number of rotatable bonds is 5. The summed E-state index contributed by atoms with van der Waals surface area (Å²) in [5.74, 6) is -0.253. The molecule has 1 fully saturated rings. The smallest absolute Gasteiger partial charge is 0.271 e. The summed E-state index contributed by atoms with van der Waals surface area (Å²) in [6, 6.07) is 9.30. The van der Waals surface area contributed by atoms with Gasteiger partial charge in [-0.05, 0) is 30.2 Å². The van der Waals surface area contributed by atoms with Gasteiger partial charge in [-0.15, -0.1) is 0 Å². The van der Waals surface area contributed by atoms with Crippen molar-refractivity contribution in [1.82, 2.24) is 0 Å². The summed E-state index contributed by atoms with van der Waals surface area (Å²) in [6.07, 6.45) is 0.707. The van der Waals surface area contributed by atoms with Crippen LogP contribution in [-0.2, 0) is 10.0 Å². The lowest BCUT2D eigenvalue weighted by Crippen LogP contribution is -2.16. The fourth-order valence-electron chi connectivity index (χ4n) is 2.63. The zero-order chi connectivity index (χ0) is 17.5. The van der Waals surface area contributed by atoms with E-state index in [1.165, 1.54) is 12.1 Å². The van der Waals surface area contributed by atoms with E-state index in [-0.39, 0.29) is 34.0 Å². The Morgan fingerprint density at radius 3 is 2.46 bits per heavy atom. The first-order chi connectivity index (χ1) is 11.3. The quantitative estimate of drug-likeness (QED) is 0.634. The third-order valence-electron chi connectivity index (χ3n) is 3.91. The molecule has 0 radical (unpaired) electrons. The van der Waals surface area contributed by atoms with E-state index in [1.54, 1.807) is 12.1 Å². The summed E-state index contributed by atoms with van der Waals surface area (Å²) in [5.41, 5.74) is 0.779. The Morgan fingerprint density at radius 2 is 1.88 bits per heavy atom. The van der Waals surface area contributed by atoms with Crippen LogP contribution < -0.4 is 10.5 Å². The Labute approximate surface area is 137 Å². The van der Waals surface area contributed by atoms with Crippen LogP contribution in [0.2, 0.25) is 0 Å². The van der Waals surface area contributed by atoms with Crippen molar-refractivity contribution < 1.29 is 17.7 Å². The molecule has 0 bridgehead atoms. The molecule has 3 N–H and O–H groups in total. The highest BCUT2D eigenvalue weighted by Gasteiger charge is 2.39. The predicted molar refractivity (Wildman–Crippen MR) is 85.6 cm³/mol. The number of nitro benzene ring substituents is 1. The van der Waals surface area contributed by atoms with Crippen LogP contribution in [-0.4, -0.2) is 19.4 Å². The van der Waals surface area contributed by atoms with Gasteiger partial charge in [0.1, 0.15) is 10.7 Å². The van der Waals surface area contributed by atoms with Gasteiger partial charge in [-0.2, -0.15) is 0 Å². The average molecular weight is 351 g/mol. The Kier molecular flexibility index (Phi) is 3.98. The number of hydrogen-bond acceptors (Lipinski definition) is 5. The summed E-state index contributed by atoms with van der Waals surface area (Å²) in [4.78, 5) is 10.1. The van der Waals surface area contributed by atoms with Crippen molar-refractivity contribution in [2.75, 3.05) is 5.32 Å². The van der Waals surface area contributed by atoms with Crippen LogP contribution in [0.3, 0.4) is 0 Å². The molecule has 2 aromatic carbocycles. The summed E-state index contributed by atoms with van der Waals surface area (Å²) in [6.45, 7) is 0. The van der Waals surface area contributed by atoms with Gasteiger partial charge in [0.25, 0.3) is 5.69 Å². The van der Waals surface area contributed by atoms with Crippen LogP contribution >= 0.6 is 0 Å². The fraction of sp³-hybridized carbons (Fsp3) is 0.200. The number of sulfonamides is 1. The van der Waals surface area contributed by atoms with Gasteiger partial charge in [0.15, 0.2) is 0 Å². The standard InChI is InChI=1S/C15H14FN3O4S/c16-10-3-1-9(2-4-10)12-8-13(12)18-14-7-11(19(20)21)5-6-15(14)24(17,22)23/h1-7,12-13,18H,8H2,(H2,17,22,23)/t12-,13+/m0/s1. The summed E-state index contributed by atoms with van der Waals surface area (Å²) < 4.78 is 36.3. The van der Waals surface area contributed by atoms with Crippen molar-refractivity contribution in [2.45, 2.75) is 23.3 Å². The van der Waals surface area contributed by atoms with Crippen molar-refractivity contribution >= 4 is 21.4 Å². The summed E-state index contributed by atoms with van der Waals surface area (Å²) in [5, 5.41) is 19.0. The summed E-state index contributed by atoms with van der Waals surface area (Å²) in [7, 11) is -4.02. The van der Waals surface area contributed by atoms with Crippen LogP contribution in [0.4, 0.5) is 15.8 Å². The molecule has 1 aliphatic carbocycles. The predicted octanol–water partition coefficient (Wildman–Crippen LogP) is 2.35. The van der Waals surface area contributed by atoms with Crippen molar-refractivity contribution in [3.8, 4) is 0 Å². The fourth-order valence-corrected chi connectivity index (χ4v) is 3.31. The van der Waals surface area contributed by atoms with Crippen LogP contribution in [0.5, 0.6) is 0 Å². The van der Waals surface area contributed by atoms with Gasteiger partial charge < -0.3 is 5.32 Å². The number of nitrogens with zero attached hydrogens (tertiary/aromatic N) is 1. The molecule has 9 heteroatoms. The van der Waals surface area contributed by atoms with Gasteiger partial charge in [-0.1, -0.05) is 12.1 Å². The molecule has 0 aliphatic heterocycles. The molecule has 2 atom stereocenters. The normalized spacial score (nSPS) is 19.8. The minimum atomic E-state index is -4.02. The Morgan fingerprint density at radius 1 is 1.21 bits per heavy atom. The average Bonchev–Trinajstić information content (AvgIpc) is 3.26. The largest absolute Gasteiger partial charge is 0.380 e. The second-order valence-corrected chi connectivity index (χ2v) is 7.16. The lowest BCUT2D eigenvalue weighted by molar-refractivity contribution is -0.384. The highest BCUT2D eigenvalue weighted by molar-refractivity contribution is 7.89. The van der Waals surface area contributed by atoms with Crippen molar-refractivity contribution in [3.05, 3.63) is 64.0 Å². The van der Waals surface area contributed by atoms with Gasteiger partial charge in [-0.3, -0.25) is 10.1 Å². The van der Waals surface area contributed by atoms with E-state index in [9.17, 15) is 22.9 Å². The molecule has 7 nitrogen and oxygen atoms in total. The topological polar surface area (TPSA) is 115 Å². The highest BCUT2D eigenvalue weighted by atomic mass is 32.2. The third kappa shape index (κ3) is 3.36. The van der Waals surface area contributed by atoms with E-state index in [2.05, 4.69) is 5.32 Å². The molecular weight excluding hydrogens is 337 g/mol. The van der Waals surface area contributed by atoms with Gasteiger partial charge >= 0.3 is 0 Å². The zero-order valence-electron chi connectivity index (χ0n) is 12.3. The highest BCUT2D eigenvalue weighted by Crippen LogP contribution is 2.43. The first-order valence-corrected chi connectivity index (χ1v) is 8.63. The maximum Gasteiger partial charge on any atom is 0.271 e. The van der Waals surface area contributed by atoms with Crippen LogP contribution in [0.1, 0.15) is 17.9 Å². The number of nitrogens with one attached hydrogen (secondary N) is 1. The molecule has 0 spiro atoms. The number of anilines is 1. The maximum absolute atomic E-state index is 13.0. The number of benzene rings is 2. The van der Waals surface area contributed by atoms with E-state index in [1.807, 2.05) is 0 Å². The Balaban J connectivity index is 1.86. The number of halogens is 1. The van der Waals surface area contributed by atoms with Crippen molar-refractivity contribution in [2.24, 2.45) is 5.14 Å². The number of non-ortho nitro benzene ring substituents is 1. The molecule has 24 heavy (non-hydrogen) atoms. The number of primary sulfonamides is 1. The maximum atomic E-state index is 13.0. The molecule has 0 aromatic heterocycles. The summed E-state index contributed by atoms with van der Waals surface area (Å²) >= 11 is 0. The van der Waals surface area contributed by atoms with Gasteiger partial charge in [-0.25, -0.2) is 17.9 Å². The number of nitro groups is 1. The van der Waals surface area contributed by atoms with Crippen molar-refractivity contribution in [1.29, 1.82) is 0 Å². The van der Waals surface area contributed by atoms with Gasteiger partial charge in [0.05, 0.1) is 10.6 Å². The monoisotopic (exact) mass is 351 g/mol. The zero-order valence-corrected chi connectivity index (χ0v) is 13.2. The van der Waals surface area contributed by atoms with Gasteiger partial charge in [0.2, 0.25) is 10.0 Å². The molecule has 126 valence electrons. The minimum Gasteiger partial charge on any atom is -0.380 e. The second kappa shape index (κ2) is 5.84. The van der Waals surface area contributed by atoms with E-state index >= 15 is 0 Å².